The topological polar surface area (TPSA) is 46.8 Å². The van der Waals surface area contributed by atoms with E-state index in [1.54, 1.807) is 6.20 Å². The van der Waals surface area contributed by atoms with Gasteiger partial charge in [-0.15, -0.1) is 0 Å². The second kappa shape index (κ2) is 4.35. The molecule has 2 rings (SSSR count). The average molecular weight is 240 g/mol. The van der Waals surface area contributed by atoms with Crippen LogP contribution in [0.5, 0.6) is 0 Å². The van der Waals surface area contributed by atoms with Crippen LogP contribution in [-0.2, 0) is 6.54 Å². The molecule has 0 N–H and O–H groups in total. The highest BCUT2D eigenvalue weighted by molar-refractivity contribution is 6.33. The van der Waals surface area contributed by atoms with Gasteiger partial charge in [0.05, 0.1) is 18.1 Å². The molecule has 0 aliphatic heterocycles. The Bertz CT molecular complexity index is 505. The Kier molecular flexibility index (Phi) is 3.07. The van der Waals surface area contributed by atoms with Crippen LogP contribution in [0.3, 0.4) is 0 Å². The van der Waals surface area contributed by atoms with Crippen LogP contribution < -0.4 is 0 Å². The van der Waals surface area contributed by atoms with Crippen LogP contribution in [0.2, 0.25) is 5.15 Å². The van der Waals surface area contributed by atoms with Gasteiger partial charge in [0.2, 0.25) is 0 Å². The number of fused-ring (bicyclic) bond motifs is 1. The third-order valence-corrected chi connectivity index (χ3v) is 2.61. The van der Waals surface area contributed by atoms with Gasteiger partial charge in [0.25, 0.3) is 0 Å². The molecule has 0 unspecified atom stereocenters. The van der Waals surface area contributed by atoms with E-state index < -0.39 is 0 Å². The summed E-state index contributed by atoms with van der Waals surface area (Å²) in [6.45, 7) is 3.54. The van der Waals surface area contributed by atoms with E-state index in [4.69, 9.17) is 11.6 Å². The first-order chi connectivity index (χ1) is 7.58. The Balaban J connectivity index is 2.40. The molecule has 0 atom stereocenters. The quantitative estimate of drug-likeness (QED) is 0.759. The van der Waals surface area contributed by atoms with Crippen molar-refractivity contribution >= 4 is 22.6 Å². The molecule has 2 aromatic heterocycles. The van der Waals surface area contributed by atoms with Crippen molar-refractivity contribution < 1.29 is 0 Å². The molecule has 0 aliphatic rings. The van der Waals surface area contributed by atoms with Crippen molar-refractivity contribution in [2.45, 2.75) is 13.5 Å². The summed E-state index contributed by atoms with van der Waals surface area (Å²) < 4.78 is 1.86. The van der Waals surface area contributed by atoms with E-state index in [2.05, 4.69) is 20.0 Å². The molecule has 0 radical (unpaired) electrons. The number of likely N-dealkylation sites (N-methyl/N-ethyl adjacent to an activating group) is 1. The smallest absolute Gasteiger partial charge is 0.163 e. The third-order valence-electron chi connectivity index (χ3n) is 2.32. The fourth-order valence-electron chi connectivity index (χ4n) is 1.48. The lowest BCUT2D eigenvalue weighted by Gasteiger charge is -2.09. The Morgan fingerprint density at radius 3 is 2.81 bits per heavy atom. The molecule has 0 bridgehead atoms. The third kappa shape index (κ3) is 2.15. The lowest BCUT2D eigenvalue weighted by Crippen LogP contribution is -2.19. The van der Waals surface area contributed by atoms with Crippen LogP contribution in [-0.4, -0.2) is 45.3 Å². The fraction of sp³-hybridized carbons (Fsp3) is 0.500. The summed E-state index contributed by atoms with van der Waals surface area (Å²) in [5, 5.41) is 5.55. The van der Waals surface area contributed by atoms with Crippen LogP contribution in [0.4, 0.5) is 0 Å². The number of hydrogen-bond donors (Lipinski definition) is 0. The molecule has 6 heteroatoms. The molecule has 5 nitrogen and oxygen atoms in total. The monoisotopic (exact) mass is 239 g/mol. The van der Waals surface area contributed by atoms with E-state index in [1.165, 1.54) is 0 Å². The van der Waals surface area contributed by atoms with Gasteiger partial charge in [-0.1, -0.05) is 11.6 Å². The second-order valence-corrected chi connectivity index (χ2v) is 4.33. The van der Waals surface area contributed by atoms with Gasteiger partial charge < -0.3 is 4.90 Å². The van der Waals surface area contributed by atoms with Crippen molar-refractivity contribution in [3.05, 3.63) is 17.2 Å². The van der Waals surface area contributed by atoms with Gasteiger partial charge in [-0.3, -0.25) is 0 Å². The number of aromatic nitrogens is 4. The van der Waals surface area contributed by atoms with Crippen molar-refractivity contribution in [1.29, 1.82) is 0 Å². The molecule has 86 valence electrons. The zero-order chi connectivity index (χ0) is 11.7. The predicted molar refractivity (Wildman–Crippen MR) is 63.6 cm³/mol. The fourth-order valence-corrected chi connectivity index (χ4v) is 1.74. The van der Waals surface area contributed by atoms with Gasteiger partial charge in [-0.2, -0.15) is 5.10 Å². The van der Waals surface area contributed by atoms with Gasteiger partial charge in [0.15, 0.2) is 5.65 Å². The number of aryl methyl sites for hydroxylation is 1. The molecule has 0 aromatic carbocycles. The molecule has 0 amide bonds. The number of nitrogens with zero attached hydrogens (tertiary/aromatic N) is 5. The van der Waals surface area contributed by atoms with Crippen LogP contribution >= 0.6 is 11.6 Å². The molecule has 2 heterocycles. The largest absolute Gasteiger partial charge is 0.308 e. The summed E-state index contributed by atoms with van der Waals surface area (Å²) in [6, 6.07) is 0. The summed E-state index contributed by atoms with van der Waals surface area (Å²) in [5.41, 5.74) is 0.805. The van der Waals surface area contributed by atoms with Crippen LogP contribution in [0.1, 0.15) is 5.82 Å². The Morgan fingerprint density at radius 2 is 2.12 bits per heavy atom. The summed E-state index contributed by atoms with van der Waals surface area (Å²) in [6.07, 6.45) is 1.72. The van der Waals surface area contributed by atoms with Gasteiger partial charge in [0.1, 0.15) is 11.0 Å². The van der Waals surface area contributed by atoms with Gasteiger partial charge in [0, 0.05) is 6.54 Å². The van der Waals surface area contributed by atoms with Crippen LogP contribution in [0, 0.1) is 6.92 Å². The SMILES string of the molecule is Cc1nc(Cl)c2cnn(CCN(C)C)c2n1. The predicted octanol–water partition coefficient (Wildman–Crippen LogP) is 1.35. The van der Waals surface area contributed by atoms with Crippen molar-refractivity contribution in [1.82, 2.24) is 24.6 Å². The molecule has 2 aromatic rings. The van der Waals surface area contributed by atoms with Crippen molar-refractivity contribution in [3.63, 3.8) is 0 Å². The molecule has 0 spiro atoms. The van der Waals surface area contributed by atoms with Crippen molar-refractivity contribution in [2.75, 3.05) is 20.6 Å². The molecule has 0 saturated carbocycles. The average Bonchev–Trinajstić information content (AvgIpc) is 2.58. The number of rotatable bonds is 3. The van der Waals surface area contributed by atoms with E-state index in [1.807, 2.05) is 25.7 Å². The Labute approximate surface area is 99.0 Å². The highest BCUT2D eigenvalue weighted by atomic mass is 35.5. The molecule has 16 heavy (non-hydrogen) atoms. The van der Waals surface area contributed by atoms with Gasteiger partial charge in [-0.05, 0) is 21.0 Å². The maximum Gasteiger partial charge on any atom is 0.163 e. The second-order valence-electron chi connectivity index (χ2n) is 3.97. The van der Waals surface area contributed by atoms with Crippen molar-refractivity contribution in [3.8, 4) is 0 Å². The van der Waals surface area contributed by atoms with E-state index in [0.29, 0.717) is 11.0 Å². The van der Waals surface area contributed by atoms with Crippen LogP contribution in [0.25, 0.3) is 11.0 Å². The molecular weight excluding hydrogens is 226 g/mol. The standard InChI is InChI=1S/C10H14ClN5/c1-7-13-9(11)8-6-12-16(10(8)14-7)5-4-15(2)3/h6H,4-5H2,1-3H3. The maximum absolute atomic E-state index is 6.02. The lowest BCUT2D eigenvalue weighted by molar-refractivity contribution is 0.376. The van der Waals surface area contributed by atoms with Crippen molar-refractivity contribution in [2.24, 2.45) is 0 Å². The minimum absolute atomic E-state index is 0.471. The van der Waals surface area contributed by atoms with E-state index in [0.717, 1.165) is 24.1 Å². The normalized spacial score (nSPS) is 11.6. The first kappa shape index (κ1) is 11.3. The first-order valence-corrected chi connectivity index (χ1v) is 5.46. The zero-order valence-electron chi connectivity index (χ0n) is 9.61. The molecule has 0 aliphatic carbocycles. The summed E-state index contributed by atoms with van der Waals surface area (Å²) in [4.78, 5) is 10.6. The maximum atomic E-state index is 6.02. The first-order valence-electron chi connectivity index (χ1n) is 5.08. The van der Waals surface area contributed by atoms with E-state index in [9.17, 15) is 0 Å². The highest BCUT2D eigenvalue weighted by Gasteiger charge is 2.09. The summed E-state index contributed by atoms with van der Waals surface area (Å²) in [5.74, 6) is 0.670. The Hall–Kier alpha value is -1.20. The Morgan fingerprint density at radius 1 is 1.38 bits per heavy atom. The van der Waals surface area contributed by atoms with Gasteiger partial charge >= 0.3 is 0 Å². The molecule has 0 fully saturated rings. The van der Waals surface area contributed by atoms with Crippen LogP contribution in [0.15, 0.2) is 6.20 Å². The van der Waals surface area contributed by atoms with E-state index in [-0.39, 0.29) is 0 Å². The summed E-state index contributed by atoms with van der Waals surface area (Å²) >= 11 is 6.02. The van der Waals surface area contributed by atoms with E-state index >= 15 is 0 Å². The zero-order valence-corrected chi connectivity index (χ0v) is 10.4. The minimum Gasteiger partial charge on any atom is -0.308 e. The highest BCUT2D eigenvalue weighted by Crippen LogP contribution is 2.19. The summed E-state index contributed by atoms with van der Waals surface area (Å²) in [7, 11) is 4.05. The van der Waals surface area contributed by atoms with Gasteiger partial charge in [-0.25, -0.2) is 14.6 Å². The minimum atomic E-state index is 0.471. The lowest BCUT2D eigenvalue weighted by atomic mass is 10.4. The molecular formula is C10H14ClN5. The molecule has 0 saturated heterocycles. The number of halogens is 1. The number of hydrogen-bond acceptors (Lipinski definition) is 4.